The van der Waals surface area contributed by atoms with Crippen molar-refractivity contribution in [2.24, 2.45) is 0 Å². The van der Waals surface area contributed by atoms with E-state index in [1.54, 1.807) is 27.4 Å². The molecule has 1 heterocycles. The molecular weight excluding hydrogens is 384 g/mol. The third-order valence-electron chi connectivity index (χ3n) is 5.48. The first-order valence-corrected chi connectivity index (χ1v) is 9.74. The molecule has 1 fully saturated rings. The summed E-state index contributed by atoms with van der Waals surface area (Å²) in [6.07, 6.45) is 3.09. The normalized spacial score (nSPS) is 13.6. The number of carbonyl (C=O) groups is 1. The van der Waals surface area contributed by atoms with E-state index in [9.17, 15) is 4.79 Å². The first-order chi connectivity index (χ1) is 14.6. The number of nitrogens with one attached hydrogen (secondary N) is 1. The number of fused-ring (bicyclic) bond motifs is 1. The fraction of sp³-hybridized carbons (Fsp3) is 0.318. The van der Waals surface area contributed by atoms with Gasteiger partial charge in [-0.15, -0.1) is 10.2 Å². The molecule has 156 valence electrons. The van der Waals surface area contributed by atoms with E-state index in [0.717, 1.165) is 30.4 Å². The van der Waals surface area contributed by atoms with Crippen LogP contribution in [0.25, 0.3) is 22.0 Å². The lowest BCUT2D eigenvalue weighted by Crippen LogP contribution is -2.40. The number of carbonyl (C=O) groups excluding carboxylic acids is 1. The Kier molecular flexibility index (Phi) is 5.31. The first-order valence-electron chi connectivity index (χ1n) is 9.74. The van der Waals surface area contributed by atoms with Crippen LogP contribution < -0.4 is 25.3 Å². The molecule has 1 saturated carbocycles. The molecular formula is C22H24N4O4. The Morgan fingerprint density at radius 2 is 1.77 bits per heavy atom. The number of amides is 1. The number of methoxy groups -OCH3 is 3. The van der Waals surface area contributed by atoms with Gasteiger partial charge in [0.2, 0.25) is 5.75 Å². The number of anilines is 1. The minimum atomic E-state index is -0.291. The minimum Gasteiger partial charge on any atom is -0.493 e. The Morgan fingerprint density at radius 3 is 2.40 bits per heavy atom. The zero-order chi connectivity index (χ0) is 21.3. The molecule has 4 rings (SSSR count). The summed E-state index contributed by atoms with van der Waals surface area (Å²) in [4.78, 5) is 12.6. The summed E-state index contributed by atoms with van der Waals surface area (Å²) < 4.78 is 16.5. The van der Waals surface area contributed by atoms with E-state index in [-0.39, 0.29) is 17.6 Å². The van der Waals surface area contributed by atoms with Crippen molar-refractivity contribution in [2.45, 2.75) is 25.3 Å². The van der Waals surface area contributed by atoms with Crippen molar-refractivity contribution in [1.29, 1.82) is 0 Å². The minimum absolute atomic E-state index is 0.144. The fourth-order valence-electron chi connectivity index (χ4n) is 3.65. The Morgan fingerprint density at radius 1 is 1.00 bits per heavy atom. The lowest BCUT2D eigenvalue weighted by atomic mass is 9.93. The average molecular weight is 408 g/mol. The van der Waals surface area contributed by atoms with Gasteiger partial charge in [0.05, 0.1) is 27.0 Å². The molecule has 0 bridgehead atoms. The molecule has 0 aliphatic heterocycles. The second-order valence-corrected chi connectivity index (χ2v) is 7.15. The van der Waals surface area contributed by atoms with Crippen LogP contribution in [-0.4, -0.2) is 43.5 Å². The van der Waals surface area contributed by atoms with Crippen LogP contribution in [0.15, 0.2) is 30.3 Å². The molecule has 30 heavy (non-hydrogen) atoms. The molecule has 1 amide bonds. The van der Waals surface area contributed by atoms with Gasteiger partial charge in [-0.3, -0.25) is 4.79 Å². The number of nitrogen functional groups attached to an aromatic ring is 1. The predicted octanol–water partition coefficient (Wildman–Crippen LogP) is 3.19. The van der Waals surface area contributed by atoms with Gasteiger partial charge in [0, 0.05) is 22.6 Å². The van der Waals surface area contributed by atoms with Gasteiger partial charge in [0.15, 0.2) is 17.2 Å². The van der Waals surface area contributed by atoms with E-state index in [0.29, 0.717) is 33.8 Å². The van der Waals surface area contributed by atoms with Gasteiger partial charge in [-0.2, -0.15) is 0 Å². The van der Waals surface area contributed by atoms with E-state index in [1.807, 2.05) is 24.3 Å². The number of benzene rings is 2. The zero-order valence-electron chi connectivity index (χ0n) is 17.2. The van der Waals surface area contributed by atoms with Crippen molar-refractivity contribution in [2.75, 3.05) is 27.1 Å². The Labute approximate surface area is 174 Å². The van der Waals surface area contributed by atoms with Crippen LogP contribution in [0.4, 0.5) is 5.69 Å². The monoisotopic (exact) mass is 408 g/mol. The maximum Gasteiger partial charge on any atom is 0.274 e. The van der Waals surface area contributed by atoms with Crippen LogP contribution in [0.1, 0.15) is 29.8 Å². The topological polar surface area (TPSA) is 109 Å². The van der Waals surface area contributed by atoms with Gasteiger partial charge in [0.1, 0.15) is 5.52 Å². The van der Waals surface area contributed by atoms with Crippen molar-refractivity contribution in [1.82, 2.24) is 15.5 Å². The Bertz CT molecular complexity index is 1110. The SMILES string of the molecule is COc1ccc(-c2cccc3c(N)c(C(=O)NC4CCC4)nnc23)c(OC)c1OC. The standard InChI is InChI=1S/C22H24N4O4/c1-28-16-11-10-14(20(29-2)21(16)30-3)13-8-5-9-15-17(23)19(26-25-18(13)15)22(27)24-12-6-4-7-12/h5,8-12H,4,6-7H2,1-3H3,(H2,23,25)(H,24,27). The van der Waals surface area contributed by atoms with E-state index in [4.69, 9.17) is 19.9 Å². The van der Waals surface area contributed by atoms with Gasteiger partial charge in [-0.05, 0) is 31.4 Å². The molecule has 0 unspecified atom stereocenters. The number of nitrogens with two attached hydrogens (primary N) is 1. The number of ether oxygens (including phenoxy) is 3. The second kappa shape index (κ2) is 8.06. The summed E-state index contributed by atoms with van der Waals surface area (Å²) in [7, 11) is 4.68. The maximum atomic E-state index is 12.6. The lowest BCUT2D eigenvalue weighted by molar-refractivity contribution is 0.0912. The molecule has 0 atom stereocenters. The van der Waals surface area contributed by atoms with Crippen LogP contribution in [0.3, 0.4) is 0 Å². The average Bonchev–Trinajstić information content (AvgIpc) is 2.74. The van der Waals surface area contributed by atoms with Crippen LogP contribution in [0.5, 0.6) is 17.2 Å². The van der Waals surface area contributed by atoms with Crippen LogP contribution in [0, 0.1) is 0 Å². The van der Waals surface area contributed by atoms with Crippen LogP contribution in [0.2, 0.25) is 0 Å². The molecule has 2 aromatic carbocycles. The van der Waals surface area contributed by atoms with E-state index < -0.39 is 0 Å². The number of hydrogen-bond acceptors (Lipinski definition) is 7. The summed E-state index contributed by atoms with van der Waals surface area (Å²) in [6, 6.07) is 9.44. The van der Waals surface area contributed by atoms with Crippen molar-refractivity contribution in [3.8, 4) is 28.4 Å². The highest BCUT2D eigenvalue weighted by molar-refractivity contribution is 6.08. The largest absolute Gasteiger partial charge is 0.493 e. The number of hydrogen-bond donors (Lipinski definition) is 2. The Hall–Kier alpha value is -3.55. The maximum absolute atomic E-state index is 12.6. The predicted molar refractivity (Wildman–Crippen MR) is 114 cm³/mol. The number of rotatable bonds is 6. The van der Waals surface area contributed by atoms with Crippen molar-refractivity contribution < 1.29 is 19.0 Å². The molecule has 3 aromatic rings. The van der Waals surface area contributed by atoms with Gasteiger partial charge >= 0.3 is 0 Å². The van der Waals surface area contributed by atoms with Crippen molar-refractivity contribution >= 4 is 22.5 Å². The molecule has 1 aliphatic carbocycles. The molecule has 8 nitrogen and oxygen atoms in total. The molecule has 0 spiro atoms. The summed E-state index contributed by atoms with van der Waals surface area (Å²) >= 11 is 0. The second-order valence-electron chi connectivity index (χ2n) is 7.15. The van der Waals surface area contributed by atoms with Crippen molar-refractivity contribution in [3.05, 3.63) is 36.0 Å². The van der Waals surface area contributed by atoms with Crippen molar-refractivity contribution in [3.63, 3.8) is 0 Å². The highest BCUT2D eigenvalue weighted by atomic mass is 16.5. The highest BCUT2D eigenvalue weighted by Crippen LogP contribution is 2.45. The Balaban J connectivity index is 1.83. The quantitative estimate of drug-likeness (QED) is 0.645. The third kappa shape index (κ3) is 3.24. The number of aromatic nitrogens is 2. The molecule has 1 aromatic heterocycles. The molecule has 1 aliphatic rings. The van der Waals surface area contributed by atoms with E-state index in [1.165, 1.54) is 0 Å². The summed E-state index contributed by atoms with van der Waals surface area (Å²) in [5, 5.41) is 12.1. The van der Waals surface area contributed by atoms with Crippen LogP contribution >= 0.6 is 0 Å². The zero-order valence-corrected chi connectivity index (χ0v) is 17.2. The summed E-state index contributed by atoms with van der Waals surface area (Å²) in [5.74, 6) is 1.25. The fourth-order valence-corrected chi connectivity index (χ4v) is 3.65. The molecule has 8 heteroatoms. The smallest absolute Gasteiger partial charge is 0.274 e. The number of nitrogens with zero attached hydrogens (tertiary/aromatic N) is 2. The van der Waals surface area contributed by atoms with Gasteiger partial charge in [-0.1, -0.05) is 18.2 Å². The van der Waals surface area contributed by atoms with E-state index in [2.05, 4.69) is 15.5 Å². The summed E-state index contributed by atoms with van der Waals surface area (Å²) in [5.41, 5.74) is 8.86. The van der Waals surface area contributed by atoms with E-state index >= 15 is 0 Å². The molecule has 0 saturated heterocycles. The third-order valence-corrected chi connectivity index (χ3v) is 5.48. The molecule has 3 N–H and O–H groups in total. The first kappa shape index (κ1) is 19.8. The van der Waals surface area contributed by atoms with Gasteiger partial charge in [0.25, 0.3) is 5.91 Å². The van der Waals surface area contributed by atoms with Gasteiger partial charge < -0.3 is 25.3 Å². The molecule has 0 radical (unpaired) electrons. The summed E-state index contributed by atoms with van der Waals surface area (Å²) in [6.45, 7) is 0. The lowest BCUT2D eigenvalue weighted by Gasteiger charge is -2.26. The van der Waals surface area contributed by atoms with Gasteiger partial charge in [-0.25, -0.2) is 0 Å². The highest BCUT2D eigenvalue weighted by Gasteiger charge is 2.24. The van der Waals surface area contributed by atoms with Crippen LogP contribution in [-0.2, 0) is 0 Å².